The lowest BCUT2D eigenvalue weighted by molar-refractivity contribution is 0.158. The molecule has 4 heteroatoms. The molecule has 0 heterocycles. The number of hydrogen-bond donors (Lipinski definition) is 0. The highest BCUT2D eigenvalue weighted by Gasteiger charge is 2.11. The first-order chi connectivity index (χ1) is 5.11. The Morgan fingerprint density at radius 1 is 1.36 bits per heavy atom. The Morgan fingerprint density at radius 3 is 2.09 bits per heavy atom. The fourth-order valence-electron chi connectivity index (χ4n) is 0.758. The smallest absolute Gasteiger partial charge is 0.395 e. The summed E-state index contributed by atoms with van der Waals surface area (Å²) in [7, 11) is -1.20. The Labute approximate surface area is 70.1 Å². The predicted molar refractivity (Wildman–Crippen MR) is 48.3 cm³/mol. The van der Waals surface area contributed by atoms with Gasteiger partial charge in [0.2, 0.25) is 9.04 Å². The van der Waals surface area contributed by atoms with Gasteiger partial charge in [-0.3, -0.25) is 0 Å². The van der Waals surface area contributed by atoms with E-state index in [1.165, 1.54) is 0 Å². The summed E-state index contributed by atoms with van der Waals surface area (Å²) in [6, 6.07) is 0. The highest BCUT2D eigenvalue weighted by atomic mass is 28.3. The molecule has 11 heavy (non-hydrogen) atoms. The van der Waals surface area contributed by atoms with Crippen LogP contribution in [0.4, 0.5) is 4.79 Å². The minimum atomic E-state index is -1.20. The highest BCUT2D eigenvalue weighted by Crippen LogP contribution is 1.95. The van der Waals surface area contributed by atoms with Gasteiger partial charge in [-0.2, -0.15) is 0 Å². The normalized spacial score (nSPS) is 9.91. The van der Waals surface area contributed by atoms with Gasteiger partial charge >= 0.3 is 6.09 Å². The van der Waals surface area contributed by atoms with Crippen LogP contribution >= 0.6 is 0 Å². The quantitative estimate of drug-likeness (QED) is 0.608. The summed E-state index contributed by atoms with van der Waals surface area (Å²) in [6.45, 7) is 9.34. The molecule has 0 saturated heterocycles. The molecule has 0 aromatic carbocycles. The average Bonchev–Trinajstić information content (AvgIpc) is 1.88. The molecular weight excluding hydrogens is 158 g/mol. The molecule has 66 valence electrons. The summed E-state index contributed by atoms with van der Waals surface area (Å²) in [5.41, 5.74) is 0. The zero-order chi connectivity index (χ0) is 8.85. The van der Waals surface area contributed by atoms with Crippen molar-refractivity contribution in [2.45, 2.75) is 26.9 Å². The molecule has 0 saturated carbocycles. The van der Waals surface area contributed by atoms with Gasteiger partial charge in [0, 0.05) is 13.1 Å². The van der Waals surface area contributed by atoms with Crippen LogP contribution in [-0.2, 0) is 4.43 Å². The number of nitrogens with zero attached hydrogens (tertiary/aromatic N) is 1. The first-order valence-electron chi connectivity index (χ1n) is 4.07. The second-order valence-electron chi connectivity index (χ2n) is 2.60. The summed E-state index contributed by atoms with van der Waals surface area (Å²) in [5, 5.41) is 0. The first kappa shape index (κ1) is 10.5. The molecule has 0 fully saturated rings. The highest BCUT2D eigenvalue weighted by molar-refractivity contribution is 6.50. The van der Waals surface area contributed by atoms with Crippen molar-refractivity contribution in [2.24, 2.45) is 0 Å². The van der Waals surface area contributed by atoms with Crippen LogP contribution in [0, 0.1) is 0 Å². The zero-order valence-electron chi connectivity index (χ0n) is 7.76. The molecule has 0 aliphatic carbocycles. The Morgan fingerprint density at radius 2 is 1.82 bits per heavy atom. The molecule has 0 bridgehead atoms. The molecule has 0 radical (unpaired) electrons. The molecule has 0 N–H and O–H groups in total. The SMILES string of the molecule is CCN(CC)C(=O)O[SiH](C)C. The number of rotatable bonds is 3. The van der Waals surface area contributed by atoms with Crippen molar-refractivity contribution < 1.29 is 9.22 Å². The van der Waals surface area contributed by atoms with E-state index < -0.39 is 9.04 Å². The molecule has 0 aromatic rings. The lowest BCUT2D eigenvalue weighted by Gasteiger charge is -2.19. The fraction of sp³-hybridized carbons (Fsp3) is 0.857. The van der Waals surface area contributed by atoms with Crippen molar-refractivity contribution in [3.63, 3.8) is 0 Å². The molecule has 0 aliphatic rings. The van der Waals surface area contributed by atoms with Gasteiger partial charge in [-0.1, -0.05) is 0 Å². The molecule has 0 aliphatic heterocycles. The zero-order valence-corrected chi connectivity index (χ0v) is 8.91. The molecule has 0 aromatic heterocycles. The average molecular weight is 175 g/mol. The molecule has 3 nitrogen and oxygen atoms in total. The van der Waals surface area contributed by atoms with Crippen molar-refractivity contribution in [2.75, 3.05) is 13.1 Å². The van der Waals surface area contributed by atoms with Crippen molar-refractivity contribution in [1.82, 2.24) is 4.90 Å². The Balaban J connectivity index is 3.79. The lowest BCUT2D eigenvalue weighted by atomic mass is 10.6. The van der Waals surface area contributed by atoms with Crippen molar-refractivity contribution in [3.8, 4) is 0 Å². The van der Waals surface area contributed by atoms with Gasteiger partial charge in [-0.25, -0.2) is 4.79 Å². The van der Waals surface area contributed by atoms with E-state index in [0.29, 0.717) is 0 Å². The Kier molecular flexibility index (Phi) is 4.94. The van der Waals surface area contributed by atoms with Gasteiger partial charge in [0.25, 0.3) is 0 Å². The van der Waals surface area contributed by atoms with Gasteiger partial charge in [0.05, 0.1) is 0 Å². The maximum atomic E-state index is 11.2. The summed E-state index contributed by atoms with van der Waals surface area (Å²) >= 11 is 0. The Bertz CT molecular complexity index is 124. The second kappa shape index (κ2) is 5.18. The van der Waals surface area contributed by atoms with Gasteiger partial charge in [0.15, 0.2) is 0 Å². The summed E-state index contributed by atoms with van der Waals surface area (Å²) in [5.74, 6) is 0. The summed E-state index contributed by atoms with van der Waals surface area (Å²) in [6.07, 6.45) is -0.156. The largest absolute Gasteiger partial charge is 0.507 e. The van der Waals surface area contributed by atoms with Gasteiger partial charge in [-0.05, 0) is 26.9 Å². The van der Waals surface area contributed by atoms with Gasteiger partial charge < -0.3 is 9.33 Å². The van der Waals surface area contributed by atoms with Crippen LogP contribution in [0.3, 0.4) is 0 Å². The Hall–Kier alpha value is -0.513. The molecule has 0 rings (SSSR count). The predicted octanol–water partition coefficient (Wildman–Crippen LogP) is 1.45. The number of carbonyl (C=O) groups is 1. The maximum Gasteiger partial charge on any atom is 0.395 e. The van der Waals surface area contributed by atoms with E-state index in [4.69, 9.17) is 4.43 Å². The van der Waals surface area contributed by atoms with E-state index in [1.807, 2.05) is 26.9 Å². The number of carbonyl (C=O) groups excluding carboxylic acids is 1. The van der Waals surface area contributed by atoms with Crippen LogP contribution in [0.1, 0.15) is 13.8 Å². The number of amides is 1. The van der Waals surface area contributed by atoms with Crippen LogP contribution in [0.25, 0.3) is 0 Å². The van der Waals surface area contributed by atoms with E-state index >= 15 is 0 Å². The summed E-state index contributed by atoms with van der Waals surface area (Å²) in [4.78, 5) is 12.8. The third-order valence-corrected chi connectivity index (χ3v) is 2.03. The van der Waals surface area contributed by atoms with Crippen molar-refractivity contribution >= 4 is 15.1 Å². The minimum Gasteiger partial charge on any atom is -0.507 e. The van der Waals surface area contributed by atoms with Crippen LogP contribution in [0.5, 0.6) is 0 Å². The van der Waals surface area contributed by atoms with Crippen LogP contribution in [-0.4, -0.2) is 33.1 Å². The second-order valence-corrected chi connectivity index (χ2v) is 4.94. The maximum absolute atomic E-state index is 11.2. The van der Waals surface area contributed by atoms with Gasteiger partial charge in [-0.15, -0.1) is 0 Å². The molecule has 0 spiro atoms. The first-order valence-corrected chi connectivity index (χ1v) is 6.85. The monoisotopic (exact) mass is 175 g/mol. The summed E-state index contributed by atoms with van der Waals surface area (Å²) < 4.78 is 5.12. The van der Waals surface area contributed by atoms with Crippen LogP contribution in [0.15, 0.2) is 0 Å². The number of hydrogen-bond acceptors (Lipinski definition) is 2. The van der Waals surface area contributed by atoms with Crippen molar-refractivity contribution in [3.05, 3.63) is 0 Å². The standard InChI is InChI=1S/C7H17NO2Si/c1-5-8(6-2)7(9)10-11(3)4/h11H,5-6H2,1-4H3. The third-order valence-electron chi connectivity index (χ3n) is 1.36. The van der Waals surface area contributed by atoms with E-state index in [0.717, 1.165) is 13.1 Å². The molecular formula is C7H17NO2Si. The molecule has 1 amide bonds. The fourth-order valence-corrected chi connectivity index (χ4v) is 1.31. The van der Waals surface area contributed by atoms with Gasteiger partial charge in [0.1, 0.15) is 0 Å². The van der Waals surface area contributed by atoms with Crippen molar-refractivity contribution in [1.29, 1.82) is 0 Å². The van der Waals surface area contributed by atoms with E-state index in [2.05, 4.69) is 0 Å². The molecule has 0 unspecified atom stereocenters. The lowest BCUT2D eigenvalue weighted by Crippen LogP contribution is -2.33. The third kappa shape index (κ3) is 4.03. The van der Waals surface area contributed by atoms with Crippen LogP contribution in [0.2, 0.25) is 13.1 Å². The van der Waals surface area contributed by atoms with Crippen LogP contribution < -0.4 is 0 Å². The molecule has 0 atom stereocenters. The van der Waals surface area contributed by atoms with E-state index in [-0.39, 0.29) is 6.09 Å². The minimum absolute atomic E-state index is 0.156. The van der Waals surface area contributed by atoms with E-state index in [1.54, 1.807) is 4.90 Å². The van der Waals surface area contributed by atoms with E-state index in [9.17, 15) is 4.79 Å². The topological polar surface area (TPSA) is 29.5 Å².